The van der Waals surface area contributed by atoms with E-state index in [9.17, 15) is 4.79 Å². The third-order valence-corrected chi connectivity index (χ3v) is 4.78. The van der Waals surface area contributed by atoms with Gasteiger partial charge in [0.05, 0.1) is 25.4 Å². The Hall–Kier alpha value is -2.21. The summed E-state index contributed by atoms with van der Waals surface area (Å²) in [5.74, 6) is 0.437. The Kier molecular flexibility index (Phi) is 3.18. The van der Waals surface area contributed by atoms with E-state index in [2.05, 4.69) is 10.3 Å². The molecule has 1 aromatic heterocycles. The highest BCUT2D eigenvalue weighted by Gasteiger charge is 2.50. The molecule has 2 heterocycles. The van der Waals surface area contributed by atoms with Crippen molar-refractivity contribution < 1.29 is 9.63 Å². The molecule has 1 saturated carbocycles. The fourth-order valence-electron chi connectivity index (χ4n) is 3.78. The molecule has 3 atom stereocenters. The van der Waals surface area contributed by atoms with Gasteiger partial charge in [0.25, 0.3) is 0 Å². The van der Waals surface area contributed by atoms with Gasteiger partial charge in [-0.3, -0.25) is 9.63 Å². The quantitative estimate of drug-likeness (QED) is 0.870. The van der Waals surface area contributed by atoms with Crippen LogP contribution in [0.1, 0.15) is 25.3 Å². The maximum Gasteiger partial charge on any atom is 0.246 e. The van der Waals surface area contributed by atoms with Crippen molar-refractivity contribution in [2.24, 2.45) is 5.92 Å². The van der Waals surface area contributed by atoms with Crippen LogP contribution >= 0.6 is 0 Å². The number of hydrogen-bond donors (Lipinski definition) is 0. The molecule has 2 aliphatic rings. The number of amides is 1. The van der Waals surface area contributed by atoms with Gasteiger partial charge in [0, 0.05) is 12.0 Å². The van der Waals surface area contributed by atoms with Gasteiger partial charge in [0.2, 0.25) is 5.91 Å². The molecule has 114 valence electrons. The number of carbonyl (C=O) groups excluding carboxylic acids is 1. The standard InChI is InChI=1S/C16H18N4O2/c1-22-20-15(21)9-12-7-8-14(16(12)20)19-10-13(17-18-19)11-5-3-2-4-6-11/h2-6,10,12,14,16H,7-9H2,1H3/t12-,14+,16+/m0/s1. The lowest BCUT2D eigenvalue weighted by Gasteiger charge is -2.26. The largest absolute Gasteiger partial charge is 0.274 e. The first kappa shape index (κ1) is 13.5. The van der Waals surface area contributed by atoms with Crippen molar-refractivity contribution in [3.05, 3.63) is 36.5 Å². The number of nitrogens with zero attached hydrogens (tertiary/aromatic N) is 4. The predicted octanol–water partition coefficient (Wildman–Crippen LogP) is 2.06. The first-order valence-corrected chi connectivity index (χ1v) is 7.61. The molecule has 2 fully saturated rings. The molecule has 0 unspecified atom stereocenters. The van der Waals surface area contributed by atoms with Gasteiger partial charge in [-0.05, 0) is 18.8 Å². The van der Waals surface area contributed by atoms with E-state index in [1.807, 2.05) is 41.2 Å². The van der Waals surface area contributed by atoms with Crippen LogP contribution in [0.2, 0.25) is 0 Å². The molecule has 1 aliphatic heterocycles. The van der Waals surface area contributed by atoms with Crippen molar-refractivity contribution in [3.63, 3.8) is 0 Å². The summed E-state index contributed by atoms with van der Waals surface area (Å²) in [4.78, 5) is 17.3. The van der Waals surface area contributed by atoms with Gasteiger partial charge in [-0.15, -0.1) is 5.10 Å². The molecular weight excluding hydrogens is 280 g/mol. The van der Waals surface area contributed by atoms with E-state index in [1.165, 1.54) is 5.06 Å². The molecular formula is C16H18N4O2. The van der Waals surface area contributed by atoms with E-state index in [4.69, 9.17) is 4.84 Å². The molecule has 1 aromatic carbocycles. The van der Waals surface area contributed by atoms with Crippen LogP contribution in [0.3, 0.4) is 0 Å². The molecule has 1 amide bonds. The van der Waals surface area contributed by atoms with Crippen LogP contribution in [0.5, 0.6) is 0 Å². The third-order valence-electron chi connectivity index (χ3n) is 4.78. The van der Waals surface area contributed by atoms with E-state index in [0.717, 1.165) is 24.1 Å². The zero-order valence-electron chi connectivity index (χ0n) is 12.4. The summed E-state index contributed by atoms with van der Waals surface area (Å²) >= 11 is 0. The Balaban J connectivity index is 1.63. The molecule has 6 heteroatoms. The summed E-state index contributed by atoms with van der Waals surface area (Å²) in [6, 6.07) is 10.2. The van der Waals surface area contributed by atoms with Gasteiger partial charge >= 0.3 is 0 Å². The number of rotatable bonds is 3. The summed E-state index contributed by atoms with van der Waals surface area (Å²) in [6.45, 7) is 0. The van der Waals surface area contributed by atoms with Crippen LogP contribution < -0.4 is 0 Å². The number of aromatic nitrogens is 3. The zero-order chi connectivity index (χ0) is 15.1. The van der Waals surface area contributed by atoms with Crippen LogP contribution in [0.4, 0.5) is 0 Å². The number of hydroxylamine groups is 2. The van der Waals surface area contributed by atoms with Crippen LogP contribution in [-0.4, -0.2) is 39.1 Å². The minimum Gasteiger partial charge on any atom is -0.274 e. The van der Waals surface area contributed by atoms with E-state index in [-0.39, 0.29) is 18.0 Å². The average molecular weight is 298 g/mol. The topological polar surface area (TPSA) is 60.2 Å². The summed E-state index contributed by atoms with van der Waals surface area (Å²) in [5, 5.41) is 10.1. The Morgan fingerprint density at radius 2 is 2.05 bits per heavy atom. The second-order valence-corrected chi connectivity index (χ2v) is 5.95. The zero-order valence-corrected chi connectivity index (χ0v) is 12.4. The molecule has 0 radical (unpaired) electrons. The van der Waals surface area contributed by atoms with Crippen LogP contribution in [0.15, 0.2) is 36.5 Å². The molecule has 1 aliphatic carbocycles. The lowest BCUT2D eigenvalue weighted by molar-refractivity contribution is -0.181. The molecule has 0 bridgehead atoms. The monoisotopic (exact) mass is 298 g/mol. The highest BCUT2D eigenvalue weighted by Crippen LogP contribution is 2.44. The number of benzene rings is 1. The fraction of sp³-hybridized carbons (Fsp3) is 0.438. The average Bonchev–Trinajstić information content (AvgIpc) is 3.22. The lowest BCUT2D eigenvalue weighted by Crippen LogP contribution is -2.38. The Morgan fingerprint density at radius 1 is 1.23 bits per heavy atom. The van der Waals surface area contributed by atoms with Crippen molar-refractivity contribution >= 4 is 5.91 Å². The smallest absolute Gasteiger partial charge is 0.246 e. The Labute approximate surface area is 128 Å². The van der Waals surface area contributed by atoms with E-state index in [0.29, 0.717) is 12.3 Å². The molecule has 6 nitrogen and oxygen atoms in total. The second kappa shape index (κ2) is 5.21. The summed E-state index contributed by atoms with van der Waals surface area (Å²) in [6.07, 6.45) is 4.58. The molecule has 0 spiro atoms. The van der Waals surface area contributed by atoms with Crippen LogP contribution in [0.25, 0.3) is 11.3 Å². The SMILES string of the molecule is CON1C(=O)C[C@@H]2CC[C@@H](n3cc(-c4ccccc4)nn3)[C@@H]21. The van der Waals surface area contributed by atoms with Gasteiger partial charge in [0.15, 0.2) is 0 Å². The van der Waals surface area contributed by atoms with Crippen molar-refractivity contribution in [2.45, 2.75) is 31.3 Å². The number of hydrogen-bond acceptors (Lipinski definition) is 4. The molecule has 2 aromatic rings. The summed E-state index contributed by atoms with van der Waals surface area (Å²) < 4.78 is 1.90. The van der Waals surface area contributed by atoms with E-state index >= 15 is 0 Å². The van der Waals surface area contributed by atoms with Gasteiger partial charge < -0.3 is 0 Å². The normalized spacial score (nSPS) is 27.4. The predicted molar refractivity (Wildman–Crippen MR) is 79.5 cm³/mol. The first-order valence-electron chi connectivity index (χ1n) is 7.61. The lowest BCUT2D eigenvalue weighted by atomic mass is 10.0. The minimum absolute atomic E-state index is 0.0721. The van der Waals surface area contributed by atoms with Crippen molar-refractivity contribution in [2.75, 3.05) is 7.11 Å². The maximum absolute atomic E-state index is 12.0. The molecule has 22 heavy (non-hydrogen) atoms. The Bertz CT molecular complexity index is 684. The summed E-state index contributed by atoms with van der Waals surface area (Å²) in [5.41, 5.74) is 1.91. The second-order valence-electron chi connectivity index (χ2n) is 5.95. The van der Waals surface area contributed by atoms with Gasteiger partial charge in [-0.2, -0.15) is 0 Å². The highest BCUT2D eigenvalue weighted by molar-refractivity contribution is 5.78. The van der Waals surface area contributed by atoms with Crippen molar-refractivity contribution in [3.8, 4) is 11.3 Å². The van der Waals surface area contributed by atoms with E-state index < -0.39 is 0 Å². The van der Waals surface area contributed by atoms with Gasteiger partial charge in [-0.1, -0.05) is 35.5 Å². The van der Waals surface area contributed by atoms with Crippen LogP contribution in [-0.2, 0) is 9.63 Å². The first-order chi connectivity index (χ1) is 10.8. The minimum atomic E-state index is 0.0721. The summed E-state index contributed by atoms with van der Waals surface area (Å²) in [7, 11) is 1.56. The van der Waals surface area contributed by atoms with Gasteiger partial charge in [0.1, 0.15) is 5.69 Å². The Morgan fingerprint density at radius 3 is 2.82 bits per heavy atom. The molecule has 0 N–H and O–H groups in total. The van der Waals surface area contributed by atoms with Crippen molar-refractivity contribution in [1.82, 2.24) is 20.1 Å². The fourth-order valence-corrected chi connectivity index (χ4v) is 3.78. The van der Waals surface area contributed by atoms with Crippen LogP contribution in [0, 0.1) is 5.92 Å². The number of fused-ring (bicyclic) bond motifs is 1. The molecule has 4 rings (SSSR count). The maximum atomic E-state index is 12.0. The molecule has 1 saturated heterocycles. The van der Waals surface area contributed by atoms with E-state index in [1.54, 1.807) is 7.11 Å². The van der Waals surface area contributed by atoms with Gasteiger partial charge in [-0.25, -0.2) is 9.75 Å². The number of carbonyl (C=O) groups is 1. The highest BCUT2D eigenvalue weighted by atomic mass is 16.7. The third kappa shape index (κ3) is 2.02. The van der Waals surface area contributed by atoms with Crippen molar-refractivity contribution in [1.29, 1.82) is 0 Å².